The van der Waals surface area contributed by atoms with Gasteiger partial charge in [-0.15, -0.1) is 0 Å². The van der Waals surface area contributed by atoms with Gasteiger partial charge in [0, 0.05) is 5.92 Å². The summed E-state index contributed by atoms with van der Waals surface area (Å²) in [4.78, 5) is 0. The highest BCUT2D eigenvalue weighted by molar-refractivity contribution is 5.41. The van der Waals surface area contributed by atoms with E-state index in [2.05, 4.69) is 65.0 Å². The van der Waals surface area contributed by atoms with E-state index in [1.54, 1.807) is 0 Å². The molecule has 0 aliphatic rings. The maximum absolute atomic E-state index is 6.10. The zero-order valence-electron chi connectivity index (χ0n) is 14.0. The van der Waals surface area contributed by atoms with Crippen molar-refractivity contribution in [2.45, 2.75) is 47.0 Å². The number of aryl methyl sites for hydroxylation is 5. The van der Waals surface area contributed by atoms with Crippen molar-refractivity contribution in [3.63, 3.8) is 0 Å². The van der Waals surface area contributed by atoms with Gasteiger partial charge in [0.2, 0.25) is 0 Å². The first-order chi connectivity index (χ1) is 9.92. The van der Waals surface area contributed by atoms with Crippen molar-refractivity contribution < 1.29 is 0 Å². The molecule has 0 fully saturated rings. The van der Waals surface area contributed by atoms with Gasteiger partial charge in [0.05, 0.1) is 0 Å². The Morgan fingerprint density at radius 3 is 2.00 bits per heavy atom. The standard InChI is InChI=1S/C20H27N/c1-13-6-7-15(3)20(10-13)18(12-21)11-19-16(4)8-14(2)9-17(19)5/h6-10,18H,11-12,21H2,1-5H3. The van der Waals surface area contributed by atoms with Gasteiger partial charge in [-0.25, -0.2) is 0 Å². The second kappa shape index (κ2) is 6.44. The quantitative estimate of drug-likeness (QED) is 0.876. The summed E-state index contributed by atoms with van der Waals surface area (Å²) < 4.78 is 0. The molecule has 2 aromatic rings. The fourth-order valence-electron chi connectivity index (χ4n) is 3.30. The Morgan fingerprint density at radius 1 is 0.810 bits per heavy atom. The van der Waals surface area contributed by atoms with Gasteiger partial charge in [-0.05, 0) is 75.4 Å². The summed E-state index contributed by atoms with van der Waals surface area (Å²) in [5, 5.41) is 0. The molecule has 2 N–H and O–H groups in total. The molecule has 0 saturated heterocycles. The summed E-state index contributed by atoms with van der Waals surface area (Å²) >= 11 is 0. The Bertz CT molecular complexity index is 617. The van der Waals surface area contributed by atoms with Crippen molar-refractivity contribution in [3.05, 3.63) is 69.3 Å². The maximum atomic E-state index is 6.10. The van der Waals surface area contributed by atoms with Crippen LogP contribution in [0.4, 0.5) is 0 Å². The lowest BCUT2D eigenvalue weighted by molar-refractivity contribution is 0.684. The molecular formula is C20H27N. The lowest BCUT2D eigenvalue weighted by Crippen LogP contribution is -2.17. The van der Waals surface area contributed by atoms with Crippen LogP contribution in [0, 0.1) is 34.6 Å². The zero-order valence-corrected chi connectivity index (χ0v) is 14.0. The molecule has 1 atom stereocenters. The first kappa shape index (κ1) is 15.8. The Labute approximate surface area is 129 Å². The predicted octanol–water partition coefficient (Wildman–Crippen LogP) is 4.51. The van der Waals surface area contributed by atoms with Crippen molar-refractivity contribution in [2.24, 2.45) is 5.73 Å². The summed E-state index contributed by atoms with van der Waals surface area (Å²) in [7, 11) is 0. The topological polar surface area (TPSA) is 26.0 Å². The van der Waals surface area contributed by atoms with Crippen LogP contribution >= 0.6 is 0 Å². The van der Waals surface area contributed by atoms with Crippen LogP contribution in [0.5, 0.6) is 0 Å². The van der Waals surface area contributed by atoms with Crippen LogP contribution in [0.1, 0.15) is 44.9 Å². The number of rotatable bonds is 4. The SMILES string of the molecule is Cc1cc(C)c(CC(CN)c2cc(C)ccc2C)c(C)c1. The van der Waals surface area contributed by atoms with E-state index >= 15 is 0 Å². The van der Waals surface area contributed by atoms with Crippen molar-refractivity contribution in [1.82, 2.24) is 0 Å². The van der Waals surface area contributed by atoms with Crippen molar-refractivity contribution in [2.75, 3.05) is 6.54 Å². The summed E-state index contributed by atoms with van der Waals surface area (Å²) in [6.07, 6.45) is 1.03. The molecule has 2 aromatic carbocycles. The van der Waals surface area contributed by atoms with Crippen LogP contribution in [0.2, 0.25) is 0 Å². The van der Waals surface area contributed by atoms with Gasteiger partial charge in [0.25, 0.3) is 0 Å². The van der Waals surface area contributed by atoms with Gasteiger partial charge >= 0.3 is 0 Å². The minimum atomic E-state index is 0.394. The Kier molecular flexibility index (Phi) is 4.84. The van der Waals surface area contributed by atoms with E-state index in [1.807, 2.05) is 0 Å². The minimum Gasteiger partial charge on any atom is -0.330 e. The van der Waals surface area contributed by atoms with Gasteiger partial charge in [-0.1, -0.05) is 41.5 Å². The summed E-state index contributed by atoms with van der Waals surface area (Å²) in [5.41, 5.74) is 15.7. The molecule has 0 radical (unpaired) electrons. The summed E-state index contributed by atoms with van der Waals surface area (Å²) in [5.74, 6) is 0.394. The molecule has 1 heteroatoms. The van der Waals surface area contributed by atoms with Gasteiger partial charge in [0.15, 0.2) is 0 Å². The van der Waals surface area contributed by atoms with Gasteiger partial charge in [-0.3, -0.25) is 0 Å². The van der Waals surface area contributed by atoms with E-state index in [4.69, 9.17) is 5.73 Å². The molecule has 112 valence electrons. The van der Waals surface area contributed by atoms with E-state index in [0.29, 0.717) is 12.5 Å². The van der Waals surface area contributed by atoms with Crippen LogP contribution in [0.15, 0.2) is 30.3 Å². The maximum Gasteiger partial charge on any atom is 0.000449 e. The average Bonchev–Trinajstić information content (AvgIpc) is 2.41. The number of hydrogen-bond donors (Lipinski definition) is 1. The van der Waals surface area contributed by atoms with Crippen LogP contribution in [0.25, 0.3) is 0 Å². The van der Waals surface area contributed by atoms with E-state index < -0.39 is 0 Å². The first-order valence-electron chi connectivity index (χ1n) is 7.76. The Balaban J connectivity index is 2.38. The Morgan fingerprint density at radius 2 is 1.43 bits per heavy atom. The lowest BCUT2D eigenvalue weighted by atomic mass is 9.85. The first-order valence-corrected chi connectivity index (χ1v) is 7.76. The molecule has 0 spiro atoms. The fraction of sp³-hybridized carbons (Fsp3) is 0.400. The monoisotopic (exact) mass is 281 g/mol. The molecule has 1 nitrogen and oxygen atoms in total. The largest absolute Gasteiger partial charge is 0.330 e. The molecule has 21 heavy (non-hydrogen) atoms. The van der Waals surface area contributed by atoms with E-state index in [0.717, 1.165) is 6.42 Å². The second-order valence-corrected chi connectivity index (χ2v) is 6.37. The molecule has 2 rings (SSSR count). The molecule has 0 bridgehead atoms. The zero-order chi connectivity index (χ0) is 15.6. The van der Waals surface area contributed by atoms with Gasteiger partial charge < -0.3 is 5.73 Å². The van der Waals surface area contributed by atoms with Crippen molar-refractivity contribution in [1.29, 1.82) is 0 Å². The normalized spacial score (nSPS) is 12.5. The molecule has 0 aliphatic carbocycles. The highest BCUT2D eigenvalue weighted by atomic mass is 14.5. The van der Waals surface area contributed by atoms with Crippen LogP contribution in [-0.2, 0) is 6.42 Å². The molecule has 0 amide bonds. The van der Waals surface area contributed by atoms with Gasteiger partial charge in [0.1, 0.15) is 0 Å². The summed E-state index contributed by atoms with van der Waals surface area (Å²) in [6.45, 7) is 11.6. The highest BCUT2D eigenvalue weighted by Crippen LogP contribution is 2.27. The lowest BCUT2D eigenvalue weighted by Gasteiger charge is -2.21. The molecule has 0 heterocycles. The molecule has 0 saturated carbocycles. The third-order valence-electron chi connectivity index (χ3n) is 4.45. The summed E-state index contributed by atoms with van der Waals surface area (Å²) in [6, 6.07) is 11.2. The fourth-order valence-corrected chi connectivity index (χ4v) is 3.30. The van der Waals surface area contributed by atoms with Crippen LogP contribution in [-0.4, -0.2) is 6.54 Å². The second-order valence-electron chi connectivity index (χ2n) is 6.37. The minimum absolute atomic E-state index is 0.394. The van der Waals surface area contributed by atoms with E-state index in [1.165, 1.54) is 38.9 Å². The molecular weight excluding hydrogens is 254 g/mol. The molecule has 0 aliphatic heterocycles. The van der Waals surface area contributed by atoms with Crippen molar-refractivity contribution in [3.8, 4) is 0 Å². The van der Waals surface area contributed by atoms with E-state index in [9.17, 15) is 0 Å². The number of nitrogens with two attached hydrogens (primary N) is 1. The number of hydrogen-bond acceptors (Lipinski definition) is 1. The Hall–Kier alpha value is -1.60. The third-order valence-corrected chi connectivity index (χ3v) is 4.45. The smallest absolute Gasteiger partial charge is 0.000449 e. The predicted molar refractivity (Wildman–Crippen MR) is 92.1 cm³/mol. The van der Waals surface area contributed by atoms with Crippen LogP contribution in [0.3, 0.4) is 0 Å². The number of benzene rings is 2. The highest BCUT2D eigenvalue weighted by Gasteiger charge is 2.16. The van der Waals surface area contributed by atoms with Crippen LogP contribution < -0.4 is 5.73 Å². The molecule has 0 aromatic heterocycles. The van der Waals surface area contributed by atoms with E-state index in [-0.39, 0.29) is 0 Å². The van der Waals surface area contributed by atoms with Crippen molar-refractivity contribution >= 4 is 0 Å². The average molecular weight is 281 g/mol. The van der Waals surface area contributed by atoms with Gasteiger partial charge in [-0.2, -0.15) is 0 Å². The molecule has 1 unspecified atom stereocenters. The third kappa shape index (κ3) is 3.54.